The Labute approximate surface area is 112 Å². The molecule has 2 rings (SSSR count). The second-order valence-corrected chi connectivity index (χ2v) is 4.20. The van der Waals surface area contributed by atoms with Gasteiger partial charge in [0.1, 0.15) is 0 Å². The zero-order chi connectivity index (χ0) is 13.7. The molecular weight excluding hydrogens is 242 g/mol. The van der Waals surface area contributed by atoms with Gasteiger partial charge in [0, 0.05) is 26.0 Å². The van der Waals surface area contributed by atoms with E-state index in [1.54, 1.807) is 12.3 Å². The summed E-state index contributed by atoms with van der Waals surface area (Å²) in [5, 5.41) is 4.15. The highest BCUT2D eigenvalue weighted by Gasteiger charge is 2.13. The molecule has 100 valence electrons. The fourth-order valence-electron chi connectivity index (χ4n) is 1.89. The van der Waals surface area contributed by atoms with Gasteiger partial charge in [0.25, 0.3) is 0 Å². The van der Waals surface area contributed by atoms with Crippen molar-refractivity contribution in [3.8, 4) is 0 Å². The standard InChI is InChI=1S/C14H17N3O2/c1-16(10-11-17-9-5-8-15-17)13-7-4-3-6-12(13)14(18)19-2/h3-9H,10-11H2,1-2H3. The van der Waals surface area contributed by atoms with E-state index in [-0.39, 0.29) is 5.97 Å². The normalized spacial score (nSPS) is 10.2. The van der Waals surface area contributed by atoms with Gasteiger partial charge >= 0.3 is 5.97 Å². The molecule has 0 unspecified atom stereocenters. The molecular formula is C14H17N3O2. The summed E-state index contributed by atoms with van der Waals surface area (Å²) in [4.78, 5) is 13.7. The molecule has 5 nitrogen and oxygen atoms in total. The van der Waals surface area contributed by atoms with E-state index in [2.05, 4.69) is 5.10 Å². The van der Waals surface area contributed by atoms with Gasteiger partial charge in [0.15, 0.2) is 0 Å². The highest BCUT2D eigenvalue weighted by molar-refractivity contribution is 5.95. The van der Waals surface area contributed by atoms with Crippen LogP contribution in [0.5, 0.6) is 0 Å². The van der Waals surface area contributed by atoms with Crippen LogP contribution in [0, 0.1) is 0 Å². The van der Waals surface area contributed by atoms with Crippen LogP contribution in [0.2, 0.25) is 0 Å². The zero-order valence-corrected chi connectivity index (χ0v) is 11.1. The Morgan fingerprint density at radius 1 is 1.37 bits per heavy atom. The fraction of sp³-hybridized carbons (Fsp3) is 0.286. The summed E-state index contributed by atoms with van der Waals surface area (Å²) in [6.45, 7) is 1.52. The highest BCUT2D eigenvalue weighted by atomic mass is 16.5. The van der Waals surface area contributed by atoms with E-state index in [0.717, 1.165) is 18.8 Å². The lowest BCUT2D eigenvalue weighted by molar-refractivity contribution is 0.0601. The van der Waals surface area contributed by atoms with E-state index in [4.69, 9.17) is 4.74 Å². The first-order chi connectivity index (χ1) is 9.22. The van der Waals surface area contributed by atoms with Gasteiger partial charge < -0.3 is 9.64 Å². The number of ether oxygens (including phenoxy) is 1. The third-order valence-electron chi connectivity index (χ3n) is 2.94. The second-order valence-electron chi connectivity index (χ2n) is 4.20. The van der Waals surface area contributed by atoms with Crippen molar-refractivity contribution in [3.63, 3.8) is 0 Å². The van der Waals surface area contributed by atoms with Gasteiger partial charge in [0.2, 0.25) is 0 Å². The van der Waals surface area contributed by atoms with Crippen LogP contribution in [-0.2, 0) is 11.3 Å². The smallest absolute Gasteiger partial charge is 0.339 e. The summed E-state index contributed by atoms with van der Waals surface area (Å²) >= 11 is 0. The summed E-state index contributed by atoms with van der Waals surface area (Å²) in [6.07, 6.45) is 3.67. The van der Waals surface area contributed by atoms with Crippen LogP contribution in [0.3, 0.4) is 0 Å². The predicted molar refractivity (Wildman–Crippen MR) is 73.3 cm³/mol. The number of hydrogen-bond donors (Lipinski definition) is 0. The average molecular weight is 259 g/mol. The van der Waals surface area contributed by atoms with Crippen LogP contribution >= 0.6 is 0 Å². The highest BCUT2D eigenvalue weighted by Crippen LogP contribution is 2.19. The lowest BCUT2D eigenvalue weighted by Gasteiger charge is -2.21. The summed E-state index contributed by atoms with van der Waals surface area (Å²) in [5.41, 5.74) is 1.44. The van der Waals surface area contributed by atoms with E-state index in [9.17, 15) is 4.79 Å². The Morgan fingerprint density at radius 3 is 2.84 bits per heavy atom. The molecule has 0 fully saturated rings. The number of carbonyl (C=O) groups is 1. The number of aromatic nitrogens is 2. The summed E-state index contributed by atoms with van der Waals surface area (Å²) < 4.78 is 6.65. The van der Waals surface area contributed by atoms with Crippen molar-refractivity contribution in [2.75, 3.05) is 25.6 Å². The Balaban J connectivity index is 2.10. The molecule has 1 aromatic heterocycles. The average Bonchev–Trinajstić information content (AvgIpc) is 2.97. The zero-order valence-electron chi connectivity index (χ0n) is 11.1. The molecule has 0 saturated carbocycles. The van der Waals surface area contributed by atoms with Crippen LogP contribution in [0.25, 0.3) is 0 Å². The first-order valence-electron chi connectivity index (χ1n) is 6.08. The Bertz CT molecular complexity index is 537. The van der Waals surface area contributed by atoms with Crippen molar-refractivity contribution >= 4 is 11.7 Å². The Kier molecular flexibility index (Phi) is 4.18. The molecule has 5 heteroatoms. The van der Waals surface area contributed by atoms with Crippen LogP contribution in [0.15, 0.2) is 42.7 Å². The Hall–Kier alpha value is -2.30. The van der Waals surface area contributed by atoms with Gasteiger partial charge in [-0.2, -0.15) is 5.10 Å². The number of anilines is 1. The van der Waals surface area contributed by atoms with Crippen molar-refractivity contribution in [1.82, 2.24) is 9.78 Å². The van der Waals surface area contributed by atoms with Crippen LogP contribution in [0.4, 0.5) is 5.69 Å². The van der Waals surface area contributed by atoms with Crippen molar-refractivity contribution < 1.29 is 9.53 Å². The molecule has 2 aromatic rings. The number of hydrogen-bond acceptors (Lipinski definition) is 4. The topological polar surface area (TPSA) is 47.4 Å². The molecule has 0 bridgehead atoms. The lowest BCUT2D eigenvalue weighted by Crippen LogP contribution is -2.24. The number of likely N-dealkylation sites (N-methyl/N-ethyl adjacent to an activating group) is 1. The number of rotatable bonds is 5. The van der Waals surface area contributed by atoms with Crippen LogP contribution in [-0.4, -0.2) is 36.5 Å². The third-order valence-corrected chi connectivity index (χ3v) is 2.94. The molecule has 19 heavy (non-hydrogen) atoms. The number of benzene rings is 1. The number of carbonyl (C=O) groups excluding carboxylic acids is 1. The van der Waals surface area contributed by atoms with Gasteiger partial charge in [-0.3, -0.25) is 4.68 Å². The van der Waals surface area contributed by atoms with Gasteiger partial charge in [-0.05, 0) is 18.2 Å². The number of nitrogens with zero attached hydrogens (tertiary/aromatic N) is 3. The van der Waals surface area contributed by atoms with Crippen LogP contribution < -0.4 is 4.90 Å². The monoisotopic (exact) mass is 259 g/mol. The molecule has 0 aliphatic rings. The molecule has 0 N–H and O–H groups in total. The molecule has 0 radical (unpaired) electrons. The van der Waals surface area contributed by atoms with Gasteiger partial charge in [-0.15, -0.1) is 0 Å². The van der Waals surface area contributed by atoms with E-state index in [1.165, 1.54) is 7.11 Å². The molecule has 0 aliphatic carbocycles. The van der Waals surface area contributed by atoms with E-state index < -0.39 is 0 Å². The number of methoxy groups -OCH3 is 1. The fourth-order valence-corrected chi connectivity index (χ4v) is 1.89. The maximum absolute atomic E-state index is 11.7. The van der Waals surface area contributed by atoms with Crippen molar-refractivity contribution in [3.05, 3.63) is 48.3 Å². The SMILES string of the molecule is COC(=O)c1ccccc1N(C)CCn1cccn1. The van der Waals surface area contributed by atoms with Crippen LogP contribution in [0.1, 0.15) is 10.4 Å². The third kappa shape index (κ3) is 3.13. The minimum absolute atomic E-state index is 0.318. The lowest BCUT2D eigenvalue weighted by atomic mass is 10.1. The molecule has 0 atom stereocenters. The first-order valence-corrected chi connectivity index (χ1v) is 6.08. The first kappa shape index (κ1) is 13.1. The Morgan fingerprint density at radius 2 is 2.16 bits per heavy atom. The number of esters is 1. The van der Waals surface area contributed by atoms with Crippen molar-refractivity contribution in [2.24, 2.45) is 0 Å². The summed E-state index contributed by atoms with van der Waals surface area (Å²) in [6, 6.07) is 9.31. The minimum Gasteiger partial charge on any atom is -0.465 e. The molecule has 0 aliphatic heterocycles. The quantitative estimate of drug-likeness (QED) is 0.768. The molecule has 0 spiro atoms. The van der Waals surface area contributed by atoms with E-state index in [1.807, 2.05) is 47.1 Å². The molecule has 0 amide bonds. The van der Waals surface area contributed by atoms with Gasteiger partial charge in [-0.25, -0.2) is 4.79 Å². The van der Waals surface area contributed by atoms with E-state index >= 15 is 0 Å². The maximum atomic E-state index is 11.7. The predicted octanol–water partition coefficient (Wildman–Crippen LogP) is 1.81. The molecule has 1 heterocycles. The molecule has 1 aromatic carbocycles. The van der Waals surface area contributed by atoms with Gasteiger partial charge in [0.05, 0.1) is 24.9 Å². The van der Waals surface area contributed by atoms with Crippen molar-refractivity contribution in [1.29, 1.82) is 0 Å². The molecule has 0 saturated heterocycles. The van der Waals surface area contributed by atoms with E-state index in [0.29, 0.717) is 5.56 Å². The van der Waals surface area contributed by atoms with Gasteiger partial charge in [-0.1, -0.05) is 12.1 Å². The largest absolute Gasteiger partial charge is 0.465 e. The summed E-state index contributed by atoms with van der Waals surface area (Å²) in [5.74, 6) is -0.318. The number of para-hydroxylation sites is 1. The summed E-state index contributed by atoms with van der Waals surface area (Å²) in [7, 11) is 3.34. The van der Waals surface area contributed by atoms with Crippen molar-refractivity contribution in [2.45, 2.75) is 6.54 Å². The second kappa shape index (κ2) is 6.04. The maximum Gasteiger partial charge on any atom is 0.339 e. The minimum atomic E-state index is -0.318.